The zero-order chi connectivity index (χ0) is 13.2. The summed E-state index contributed by atoms with van der Waals surface area (Å²) in [7, 11) is 0. The van der Waals surface area contributed by atoms with Crippen molar-refractivity contribution in [3.8, 4) is 11.5 Å². The molecule has 2 aromatic heterocycles. The Kier molecular flexibility index (Phi) is 3.46. The highest BCUT2D eigenvalue weighted by atomic mass is 32.1. The molecule has 0 bridgehead atoms. The summed E-state index contributed by atoms with van der Waals surface area (Å²) in [5.74, 6) is 0.631. The third kappa shape index (κ3) is 2.47. The minimum atomic E-state index is -0.345. The fourth-order valence-corrected chi connectivity index (χ4v) is 3.07. The lowest BCUT2D eigenvalue weighted by molar-refractivity contribution is -0.00132. The second-order valence-corrected chi connectivity index (χ2v) is 5.36. The SMILES string of the molecule is NC1CC(C(=O)c2scnc2-c2ccco2)CCO1. The molecular formula is C13H14N2O3S. The number of nitrogens with two attached hydrogens (primary N) is 1. The van der Waals surface area contributed by atoms with Crippen molar-refractivity contribution in [3.05, 3.63) is 28.8 Å². The van der Waals surface area contributed by atoms with E-state index < -0.39 is 0 Å². The molecule has 0 aromatic carbocycles. The Morgan fingerprint density at radius 1 is 1.53 bits per heavy atom. The standard InChI is InChI=1S/C13H14N2O3S/c14-10-6-8(3-5-18-10)12(16)13-11(15-7-19-13)9-2-1-4-17-9/h1-2,4,7-8,10H,3,5-6,14H2. The molecule has 1 saturated heterocycles. The van der Waals surface area contributed by atoms with E-state index >= 15 is 0 Å². The molecule has 0 saturated carbocycles. The van der Waals surface area contributed by atoms with Crippen LogP contribution in [0.1, 0.15) is 22.5 Å². The zero-order valence-electron chi connectivity index (χ0n) is 10.2. The Morgan fingerprint density at radius 2 is 2.42 bits per heavy atom. The Balaban J connectivity index is 1.86. The lowest BCUT2D eigenvalue weighted by atomic mass is 9.92. The molecule has 0 amide bonds. The van der Waals surface area contributed by atoms with Gasteiger partial charge in [0.2, 0.25) is 0 Å². The van der Waals surface area contributed by atoms with Crippen LogP contribution in [0.2, 0.25) is 0 Å². The topological polar surface area (TPSA) is 78.4 Å². The van der Waals surface area contributed by atoms with Crippen molar-refractivity contribution in [2.45, 2.75) is 19.1 Å². The maximum Gasteiger partial charge on any atom is 0.178 e. The van der Waals surface area contributed by atoms with Crippen LogP contribution in [0.15, 0.2) is 28.3 Å². The van der Waals surface area contributed by atoms with Crippen LogP contribution in [0, 0.1) is 5.92 Å². The van der Waals surface area contributed by atoms with Crippen molar-refractivity contribution >= 4 is 17.1 Å². The van der Waals surface area contributed by atoms with Gasteiger partial charge in [-0.15, -0.1) is 11.3 Å². The predicted octanol–water partition coefficient (Wildman–Crippen LogP) is 2.30. The molecule has 19 heavy (non-hydrogen) atoms. The number of hydrogen-bond acceptors (Lipinski definition) is 6. The van der Waals surface area contributed by atoms with Gasteiger partial charge in [0.15, 0.2) is 11.5 Å². The van der Waals surface area contributed by atoms with Crippen molar-refractivity contribution in [1.82, 2.24) is 4.98 Å². The van der Waals surface area contributed by atoms with E-state index in [1.54, 1.807) is 17.8 Å². The Hall–Kier alpha value is -1.50. The number of nitrogens with zero attached hydrogens (tertiary/aromatic N) is 1. The predicted molar refractivity (Wildman–Crippen MR) is 70.8 cm³/mol. The lowest BCUT2D eigenvalue weighted by Crippen LogP contribution is -2.35. The molecule has 2 aromatic rings. The van der Waals surface area contributed by atoms with Crippen molar-refractivity contribution in [2.75, 3.05) is 6.61 Å². The van der Waals surface area contributed by atoms with Gasteiger partial charge in [-0.25, -0.2) is 4.98 Å². The zero-order valence-corrected chi connectivity index (χ0v) is 11.1. The molecule has 6 heteroatoms. The number of ether oxygens (including phenoxy) is 1. The second kappa shape index (κ2) is 5.24. The minimum absolute atomic E-state index is 0.0853. The van der Waals surface area contributed by atoms with E-state index in [1.807, 2.05) is 6.07 Å². The molecule has 5 nitrogen and oxygen atoms in total. The molecular weight excluding hydrogens is 264 g/mol. The number of rotatable bonds is 3. The number of carbonyl (C=O) groups excluding carboxylic acids is 1. The van der Waals surface area contributed by atoms with Gasteiger partial charge in [-0.3, -0.25) is 4.79 Å². The van der Waals surface area contributed by atoms with E-state index in [-0.39, 0.29) is 17.9 Å². The molecule has 0 aliphatic carbocycles. The van der Waals surface area contributed by atoms with Crippen molar-refractivity contribution < 1.29 is 13.9 Å². The van der Waals surface area contributed by atoms with E-state index in [9.17, 15) is 4.79 Å². The molecule has 2 atom stereocenters. The summed E-state index contributed by atoms with van der Waals surface area (Å²) >= 11 is 1.35. The first-order chi connectivity index (χ1) is 9.25. The summed E-state index contributed by atoms with van der Waals surface area (Å²) in [6.07, 6.45) is 2.51. The number of thiazole rings is 1. The van der Waals surface area contributed by atoms with Crippen LogP contribution < -0.4 is 5.73 Å². The first kappa shape index (κ1) is 12.5. The quantitative estimate of drug-likeness (QED) is 0.871. The smallest absolute Gasteiger partial charge is 0.178 e. The molecule has 1 fully saturated rings. The van der Waals surface area contributed by atoms with Crippen molar-refractivity contribution in [2.24, 2.45) is 11.7 Å². The minimum Gasteiger partial charge on any atom is -0.463 e. The molecule has 100 valence electrons. The molecule has 3 rings (SSSR count). The summed E-state index contributed by atoms with van der Waals surface area (Å²) in [4.78, 5) is 17.4. The monoisotopic (exact) mass is 278 g/mol. The fraction of sp³-hybridized carbons (Fsp3) is 0.385. The molecule has 1 aliphatic heterocycles. The number of furan rings is 1. The number of ketones is 1. The largest absolute Gasteiger partial charge is 0.463 e. The number of hydrogen-bond donors (Lipinski definition) is 1. The number of carbonyl (C=O) groups is 1. The van der Waals surface area contributed by atoms with Gasteiger partial charge in [0.05, 0.1) is 11.8 Å². The fourth-order valence-electron chi connectivity index (χ4n) is 2.26. The van der Waals surface area contributed by atoms with Gasteiger partial charge in [-0.2, -0.15) is 0 Å². The summed E-state index contributed by atoms with van der Waals surface area (Å²) in [6.45, 7) is 0.534. The lowest BCUT2D eigenvalue weighted by Gasteiger charge is -2.25. The Labute approximate surface area is 114 Å². The van der Waals surface area contributed by atoms with E-state index in [4.69, 9.17) is 14.9 Å². The summed E-state index contributed by atoms with van der Waals surface area (Å²) < 4.78 is 10.6. The van der Waals surface area contributed by atoms with Gasteiger partial charge in [0.1, 0.15) is 16.8 Å². The highest BCUT2D eigenvalue weighted by Crippen LogP contribution is 2.31. The van der Waals surface area contributed by atoms with Gasteiger partial charge < -0.3 is 14.9 Å². The van der Waals surface area contributed by atoms with Crippen LogP contribution >= 0.6 is 11.3 Å². The molecule has 2 unspecified atom stereocenters. The molecule has 3 heterocycles. The number of Topliss-reactive ketones (excluding diaryl/α,β-unsaturated/α-hetero) is 1. The maximum absolute atomic E-state index is 12.5. The molecule has 0 radical (unpaired) electrons. The Morgan fingerprint density at radius 3 is 3.16 bits per heavy atom. The first-order valence-corrected chi connectivity index (χ1v) is 7.02. The van der Waals surface area contributed by atoms with E-state index in [0.29, 0.717) is 35.8 Å². The van der Waals surface area contributed by atoms with Crippen molar-refractivity contribution in [3.63, 3.8) is 0 Å². The van der Waals surface area contributed by atoms with Gasteiger partial charge in [-0.05, 0) is 25.0 Å². The molecule has 1 aliphatic rings. The molecule has 2 N–H and O–H groups in total. The average Bonchev–Trinajstić information content (AvgIpc) is 3.08. The van der Waals surface area contributed by atoms with Gasteiger partial charge in [-0.1, -0.05) is 0 Å². The van der Waals surface area contributed by atoms with Gasteiger partial charge in [0, 0.05) is 12.5 Å². The van der Waals surface area contributed by atoms with Crippen molar-refractivity contribution in [1.29, 1.82) is 0 Å². The third-order valence-corrected chi connectivity index (χ3v) is 4.07. The Bertz CT molecular complexity index is 564. The van der Waals surface area contributed by atoms with Gasteiger partial charge >= 0.3 is 0 Å². The molecule has 0 spiro atoms. The van der Waals surface area contributed by atoms with Crippen LogP contribution in [-0.2, 0) is 4.74 Å². The normalized spacial score (nSPS) is 23.4. The highest BCUT2D eigenvalue weighted by Gasteiger charge is 2.30. The van der Waals surface area contributed by atoms with Crippen LogP contribution in [0.3, 0.4) is 0 Å². The van der Waals surface area contributed by atoms with Crippen LogP contribution in [0.25, 0.3) is 11.5 Å². The van der Waals surface area contributed by atoms with Gasteiger partial charge in [0.25, 0.3) is 0 Å². The van der Waals surface area contributed by atoms with E-state index in [1.165, 1.54) is 11.3 Å². The van der Waals surface area contributed by atoms with Crippen LogP contribution in [-0.4, -0.2) is 23.6 Å². The van der Waals surface area contributed by atoms with Crippen LogP contribution in [0.5, 0.6) is 0 Å². The second-order valence-electron chi connectivity index (χ2n) is 4.50. The summed E-state index contributed by atoms with van der Waals surface area (Å²) in [5.41, 5.74) is 8.04. The summed E-state index contributed by atoms with van der Waals surface area (Å²) in [5, 5.41) is 0. The van der Waals surface area contributed by atoms with E-state index in [2.05, 4.69) is 4.98 Å². The maximum atomic E-state index is 12.5. The number of aromatic nitrogens is 1. The van der Waals surface area contributed by atoms with E-state index in [0.717, 1.165) is 0 Å². The third-order valence-electron chi connectivity index (χ3n) is 3.23. The van der Waals surface area contributed by atoms with Crippen LogP contribution in [0.4, 0.5) is 0 Å². The highest BCUT2D eigenvalue weighted by molar-refractivity contribution is 7.12. The average molecular weight is 278 g/mol. The first-order valence-electron chi connectivity index (χ1n) is 6.14. The summed E-state index contributed by atoms with van der Waals surface area (Å²) in [6, 6.07) is 3.59.